The Labute approximate surface area is 81.1 Å². The van der Waals surface area contributed by atoms with Crippen LogP contribution in [-0.4, -0.2) is 16.1 Å². The number of rotatable bonds is 4. The quantitative estimate of drug-likeness (QED) is 0.685. The lowest BCUT2D eigenvalue weighted by Crippen LogP contribution is -2.15. The molecule has 1 rings (SSSR count). The van der Waals surface area contributed by atoms with Gasteiger partial charge >= 0.3 is 0 Å². The van der Waals surface area contributed by atoms with Crippen molar-refractivity contribution in [1.82, 2.24) is 0 Å². The van der Waals surface area contributed by atoms with Crippen molar-refractivity contribution in [2.24, 2.45) is 0 Å². The topological polar surface area (TPSA) is 40.1 Å². The maximum absolute atomic E-state index is 11.3. The van der Waals surface area contributed by atoms with E-state index in [0.717, 1.165) is 5.56 Å². The molecule has 0 aromatic heterocycles. The smallest absolute Gasteiger partial charge is 0.178 e. The van der Waals surface area contributed by atoms with E-state index in [1.165, 1.54) is 6.92 Å². The fraction of sp³-hybridized carbons (Fsp3) is 0.300. The summed E-state index contributed by atoms with van der Waals surface area (Å²) < 4.78 is 11.3. The van der Waals surface area contributed by atoms with E-state index < -0.39 is 11.2 Å². The molecule has 0 spiro atoms. The summed E-state index contributed by atoms with van der Waals surface area (Å²) in [6.45, 7) is 1.46. The molecule has 1 atom stereocenters. The Morgan fingerprint density at radius 1 is 1.38 bits per heavy atom. The van der Waals surface area contributed by atoms with Gasteiger partial charge in [0.05, 0.1) is 0 Å². The largest absolute Gasteiger partial charge is 0.616 e. The maximum Gasteiger partial charge on any atom is 0.178 e. The Balaban J connectivity index is 2.45. The van der Waals surface area contributed by atoms with E-state index in [1.54, 1.807) is 0 Å². The highest BCUT2D eigenvalue weighted by Gasteiger charge is 2.09. The number of benzene rings is 1. The van der Waals surface area contributed by atoms with Crippen LogP contribution in [0.3, 0.4) is 0 Å². The predicted octanol–water partition coefficient (Wildman–Crippen LogP) is 1.52. The van der Waals surface area contributed by atoms with E-state index in [4.69, 9.17) is 0 Å². The van der Waals surface area contributed by atoms with Gasteiger partial charge in [-0.2, -0.15) is 0 Å². The van der Waals surface area contributed by atoms with Crippen molar-refractivity contribution in [2.45, 2.75) is 12.7 Å². The average Bonchev–Trinajstić information content (AvgIpc) is 2.04. The number of carbonyl (C=O) groups is 1. The molecule has 1 unspecified atom stereocenters. The molecular weight excluding hydrogens is 184 g/mol. The van der Waals surface area contributed by atoms with Crippen LogP contribution < -0.4 is 0 Å². The zero-order valence-corrected chi connectivity index (χ0v) is 8.34. The van der Waals surface area contributed by atoms with Crippen LogP contribution in [0.2, 0.25) is 0 Å². The van der Waals surface area contributed by atoms with Crippen molar-refractivity contribution in [3.05, 3.63) is 35.9 Å². The van der Waals surface area contributed by atoms with Crippen LogP contribution in [0.25, 0.3) is 0 Å². The van der Waals surface area contributed by atoms with E-state index in [0.29, 0.717) is 5.75 Å². The third kappa shape index (κ3) is 4.10. The summed E-state index contributed by atoms with van der Waals surface area (Å²) in [4.78, 5) is 10.7. The second-order valence-corrected chi connectivity index (χ2v) is 4.37. The van der Waals surface area contributed by atoms with Crippen LogP contribution >= 0.6 is 0 Å². The van der Waals surface area contributed by atoms with Crippen LogP contribution in [0.5, 0.6) is 0 Å². The molecule has 0 aliphatic carbocycles. The minimum atomic E-state index is -1.05. The molecule has 0 heterocycles. The van der Waals surface area contributed by atoms with E-state index in [-0.39, 0.29) is 11.5 Å². The number of ketones is 1. The number of hydrogen-bond donors (Lipinski definition) is 0. The van der Waals surface area contributed by atoms with Crippen molar-refractivity contribution in [3.63, 3.8) is 0 Å². The van der Waals surface area contributed by atoms with Gasteiger partial charge in [-0.1, -0.05) is 30.3 Å². The Morgan fingerprint density at radius 2 is 2.00 bits per heavy atom. The van der Waals surface area contributed by atoms with Gasteiger partial charge in [0, 0.05) is 5.56 Å². The second-order valence-electron chi connectivity index (χ2n) is 2.92. The van der Waals surface area contributed by atoms with Crippen molar-refractivity contribution >= 4 is 17.0 Å². The van der Waals surface area contributed by atoms with Crippen molar-refractivity contribution in [1.29, 1.82) is 0 Å². The van der Waals surface area contributed by atoms with Gasteiger partial charge in [-0.15, -0.1) is 0 Å². The molecule has 0 amide bonds. The molecule has 0 saturated carbocycles. The maximum atomic E-state index is 11.3. The molecule has 13 heavy (non-hydrogen) atoms. The summed E-state index contributed by atoms with van der Waals surface area (Å²) in [7, 11) is 0. The summed E-state index contributed by atoms with van der Waals surface area (Å²) in [5.41, 5.74) is 1.02. The van der Waals surface area contributed by atoms with Crippen LogP contribution in [0.15, 0.2) is 30.3 Å². The van der Waals surface area contributed by atoms with Crippen molar-refractivity contribution in [2.75, 3.05) is 5.75 Å². The van der Waals surface area contributed by atoms with Gasteiger partial charge in [-0.05, 0) is 18.1 Å². The van der Waals surface area contributed by atoms with Gasteiger partial charge in [-0.3, -0.25) is 4.79 Å². The summed E-state index contributed by atoms with van der Waals surface area (Å²) in [6.07, 6.45) is 0. The fourth-order valence-corrected chi connectivity index (χ4v) is 2.16. The highest BCUT2D eigenvalue weighted by molar-refractivity contribution is 7.91. The van der Waals surface area contributed by atoms with Gasteiger partial charge in [-0.25, -0.2) is 0 Å². The lowest BCUT2D eigenvalue weighted by molar-refractivity contribution is -0.114. The van der Waals surface area contributed by atoms with Gasteiger partial charge in [0.2, 0.25) is 0 Å². The predicted molar refractivity (Wildman–Crippen MR) is 53.8 cm³/mol. The van der Waals surface area contributed by atoms with Crippen molar-refractivity contribution in [3.8, 4) is 0 Å². The Hall–Kier alpha value is -0.800. The summed E-state index contributed by atoms with van der Waals surface area (Å²) in [6, 6.07) is 9.55. The SMILES string of the molecule is CC(=O)C[S+]([O-])Cc1ccccc1. The first-order valence-corrected chi connectivity index (χ1v) is 5.55. The third-order valence-corrected chi connectivity index (χ3v) is 2.92. The molecule has 0 N–H and O–H groups in total. The Morgan fingerprint density at radius 3 is 2.54 bits per heavy atom. The molecule has 3 heteroatoms. The molecular formula is C10H12O2S. The molecule has 0 saturated heterocycles. The van der Waals surface area contributed by atoms with E-state index >= 15 is 0 Å². The lowest BCUT2D eigenvalue weighted by Gasteiger charge is -2.08. The van der Waals surface area contributed by atoms with Crippen LogP contribution in [-0.2, 0) is 21.7 Å². The molecule has 0 fully saturated rings. The van der Waals surface area contributed by atoms with E-state index in [1.807, 2.05) is 30.3 Å². The fourth-order valence-electron chi connectivity index (χ4n) is 1.04. The molecule has 1 aromatic rings. The van der Waals surface area contributed by atoms with Crippen LogP contribution in [0.1, 0.15) is 12.5 Å². The number of Topliss-reactive ketones (excluding diaryl/α,β-unsaturated/α-hetero) is 1. The minimum absolute atomic E-state index is 0.0192. The van der Waals surface area contributed by atoms with Crippen molar-refractivity contribution < 1.29 is 9.35 Å². The molecule has 2 nitrogen and oxygen atoms in total. The van der Waals surface area contributed by atoms with Gasteiger partial charge in [0.1, 0.15) is 5.75 Å². The number of carbonyl (C=O) groups excluding carboxylic acids is 1. The lowest BCUT2D eigenvalue weighted by atomic mass is 10.2. The third-order valence-electron chi connectivity index (χ3n) is 1.53. The van der Waals surface area contributed by atoms with Gasteiger partial charge < -0.3 is 4.55 Å². The normalized spacial score (nSPS) is 12.5. The summed E-state index contributed by atoms with van der Waals surface area (Å²) in [5, 5.41) is 0. The summed E-state index contributed by atoms with van der Waals surface area (Å²) in [5.74, 6) is 0.615. The summed E-state index contributed by atoms with van der Waals surface area (Å²) >= 11 is -1.05. The van der Waals surface area contributed by atoms with Gasteiger partial charge in [0.25, 0.3) is 0 Å². The van der Waals surface area contributed by atoms with Crippen LogP contribution in [0, 0.1) is 0 Å². The first-order chi connectivity index (χ1) is 6.18. The zero-order valence-electron chi connectivity index (χ0n) is 7.53. The zero-order chi connectivity index (χ0) is 9.68. The highest BCUT2D eigenvalue weighted by Crippen LogP contribution is 2.05. The Bertz CT molecular complexity index is 272. The minimum Gasteiger partial charge on any atom is -0.616 e. The van der Waals surface area contributed by atoms with Gasteiger partial charge in [0.15, 0.2) is 11.5 Å². The highest BCUT2D eigenvalue weighted by atomic mass is 32.2. The molecule has 0 radical (unpaired) electrons. The molecule has 0 aliphatic rings. The first-order valence-electron chi connectivity index (χ1n) is 4.07. The standard InChI is InChI=1S/C10H12O2S/c1-9(11)7-13(12)8-10-5-3-2-4-6-10/h2-6H,7-8H2,1H3. The second kappa shape index (κ2) is 5.04. The Kier molecular flexibility index (Phi) is 3.99. The first kappa shape index (κ1) is 10.3. The average molecular weight is 196 g/mol. The number of hydrogen-bond acceptors (Lipinski definition) is 2. The van der Waals surface area contributed by atoms with E-state index in [2.05, 4.69) is 0 Å². The molecule has 0 aliphatic heterocycles. The van der Waals surface area contributed by atoms with E-state index in [9.17, 15) is 9.35 Å². The molecule has 70 valence electrons. The molecule has 0 bridgehead atoms. The monoisotopic (exact) mass is 196 g/mol. The van der Waals surface area contributed by atoms with Crippen LogP contribution in [0.4, 0.5) is 0 Å². The molecule has 1 aromatic carbocycles.